The Morgan fingerprint density at radius 3 is 2.41 bits per heavy atom. The minimum atomic E-state index is 0.158. The monoisotopic (exact) mass is 368 g/mol. The minimum Gasteiger partial charge on any atom is -0.355 e. The third-order valence-corrected chi connectivity index (χ3v) is 5.73. The van der Waals surface area contributed by atoms with Gasteiger partial charge in [0.25, 0.3) is 0 Å². The maximum absolute atomic E-state index is 12.8. The number of nitrogens with zero attached hydrogens (tertiary/aromatic N) is 6. The summed E-state index contributed by atoms with van der Waals surface area (Å²) < 4.78 is 1.73. The van der Waals surface area contributed by atoms with E-state index in [-0.39, 0.29) is 5.92 Å². The second kappa shape index (κ2) is 7.66. The molecule has 2 fully saturated rings. The smallest absolute Gasteiger partial charge is 0.225 e. The van der Waals surface area contributed by atoms with Crippen LogP contribution < -0.4 is 4.90 Å². The molecule has 2 aromatic rings. The number of piperidine rings is 2. The summed E-state index contributed by atoms with van der Waals surface area (Å²) in [6, 6.07) is 5.88. The fraction of sp³-hybridized carbons (Fsp3) is 0.600. The van der Waals surface area contributed by atoms with E-state index in [1.807, 2.05) is 31.3 Å². The van der Waals surface area contributed by atoms with E-state index in [0.29, 0.717) is 11.8 Å². The van der Waals surface area contributed by atoms with Crippen molar-refractivity contribution in [3.05, 3.63) is 30.1 Å². The van der Waals surface area contributed by atoms with E-state index in [4.69, 9.17) is 0 Å². The first-order chi connectivity index (χ1) is 13.1. The predicted octanol–water partition coefficient (Wildman–Crippen LogP) is 2.45. The van der Waals surface area contributed by atoms with Gasteiger partial charge in [0, 0.05) is 38.3 Å². The Morgan fingerprint density at radius 2 is 1.78 bits per heavy atom. The number of hydrogen-bond acceptors (Lipinski definition) is 5. The Kier molecular flexibility index (Phi) is 5.09. The van der Waals surface area contributed by atoms with Crippen molar-refractivity contribution in [3.63, 3.8) is 0 Å². The maximum atomic E-state index is 12.8. The molecule has 0 saturated carbocycles. The Labute approximate surface area is 160 Å². The highest BCUT2D eigenvalue weighted by Gasteiger charge is 2.30. The second-order valence-electron chi connectivity index (χ2n) is 7.94. The molecule has 1 unspecified atom stereocenters. The lowest BCUT2D eigenvalue weighted by atomic mass is 9.93. The van der Waals surface area contributed by atoms with Crippen molar-refractivity contribution in [2.75, 3.05) is 31.1 Å². The molecule has 0 aromatic carbocycles. The normalized spacial score (nSPS) is 21.5. The van der Waals surface area contributed by atoms with Crippen molar-refractivity contribution < 1.29 is 4.79 Å². The fourth-order valence-electron chi connectivity index (χ4n) is 4.16. The number of rotatable bonds is 3. The molecule has 7 nitrogen and oxygen atoms in total. The van der Waals surface area contributed by atoms with Crippen LogP contribution in [0.15, 0.2) is 24.4 Å². The molecule has 2 aliphatic heterocycles. The number of carbonyl (C=O) groups excluding carboxylic acids is 1. The molecule has 2 aliphatic rings. The average Bonchev–Trinajstić information content (AvgIpc) is 3.14. The number of carbonyl (C=O) groups is 1. The van der Waals surface area contributed by atoms with Crippen LogP contribution in [0.25, 0.3) is 5.82 Å². The standard InChI is InChI=1S/C20H28N6O/c1-15-4-3-10-25(14-15)20(27)17-8-11-24(12-9-17)18-5-6-19(22-21-18)26-13-7-16(2)23-26/h5-7,13,15,17H,3-4,8-12,14H2,1-2H3. The number of aromatic nitrogens is 4. The fourth-order valence-corrected chi connectivity index (χ4v) is 4.16. The van der Waals surface area contributed by atoms with Crippen LogP contribution in [0.2, 0.25) is 0 Å². The number of amides is 1. The second-order valence-corrected chi connectivity index (χ2v) is 7.94. The van der Waals surface area contributed by atoms with Gasteiger partial charge in [-0.3, -0.25) is 4.79 Å². The minimum absolute atomic E-state index is 0.158. The Balaban J connectivity index is 1.34. The maximum Gasteiger partial charge on any atom is 0.225 e. The lowest BCUT2D eigenvalue weighted by Crippen LogP contribution is -2.46. The SMILES string of the molecule is Cc1ccn(-c2ccc(N3CCC(C(=O)N4CCCC(C)C4)CC3)nn2)n1. The van der Waals surface area contributed by atoms with Gasteiger partial charge in [0.2, 0.25) is 5.91 Å². The van der Waals surface area contributed by atoms with E-state index in [9.17, 15) is 4.79 Å². The topological polar surface area (TPSA) is 67.2 Å². The van der Waals surface area contributed by atoms with Gasteiger partial charge < -0.3 is 9.80 Å². The summed E-state index contributed by atoms with van der Waals surface area (Å²) >= 11 is 0. The first-order valence-electron chi connectivity index (χ1n) is 10.0. The average molecular weight is 368 g/mol. The van der Waals surface area contributed by atoms with Crippen LogP contribution in [0.1, 0.15) is 38.3 Å². The molecule has 1 atom stereocenters. The van der Waals surface area contributed by atoms with Crippen molar-refractivity contribution in [1.82, 2.24) is 24.9 Å². The quantitative estimate of drug-likeness (QED) is 0.832. The van der Waals surface area contributed by atoms with Crippen LogP contribution in [0.5, 0.6) is 0 Å². The van der Waals surface area contributed by atoms with E-state index >= 15 is 0 Å². The highest BCUT2D eigenvalue weighted by Crippen LogP contribution is 2.25. The van der Waals surface area contributed by atoms with Crippen molar-refractivity contribution in [2.45, 2.75) is 39.5 Å². The molecular weight excluding hydrogens is 340 g/mol. The summed E-state index contributed by atoms with van der Waals surface area (Å²) in [6.45, 7) is 7.77. The van der Waals surface area contributed by atoms with Gasteiger partial charge >= 0.3 is 0 Å². The largest absolute Gasteiger partial charge is 0.355 e. The summed E-state index contributed by atoms with van der Waals surface area (Å²) in [5, 5.41) is 13.0. The van der Waals surface area contributed by atoms with E-state index in [0.717, 1.165) is 62.8 Å². The molecule has 144 valence electrons. The number of aryl methyl sites for hydroxylation is 1. The van der Waals surface area contributed by atoms with Crippen molar-refractivity contribution in [3.8, 4) is 5.82 Å². The lowest BCUT2D eigenvalue weighted by Gasteiger charge is -2.37. The van der Waals surface area contributed by atoms with Crippen LogP contribution in [-0.2, 0) is 4.79 Å². The Bertz CT molecular complexity index is 778. The summed E-state index contributed by atoms with van der Waals surface area (Å²) in [7, 11) is 0. The predicted molar refractivity (Wildman–Crippen MR) is 104 cm³/mol. The highest BCUT2D eigenvalue weighted by atomic mass is 16.2. The van der Waals surface area contributed by atoms with Crippen LogP contribution in [0, 0.1) is 18.8 Å². The molecule has 0 N–H and O–H groups in total. The molecule has 4 heterocycles. The van der Waals surface area contributed by atoms with Crippen LogP contribution in [0.3, 0.4) is 0 Å². The third kappa shape index (κ3) is 3.96. The van der Waals surface area contributed by atoms with E-state index in [2.05, 4.69) is 32.0 Å². The molecule has 2 saturated heterocycles. The van der Waals surface area contributed by atoms with E-state index < -0.39 is 0 Å². The molecule has 0 bridgehead atoms. The van der Waals surface area contributed by atoms with Gasteiger partial charge in [-0.1, -0.05) is 6.92 Å². The zero-order chi connectivity index (χ0) is 18.8. The summed E-state index contributed by atoms with van der Waals surface area (Å²) in [6.07, 6.45) is 6.06. The van der Waals surface area contributed by atoms with Gasteiger partial charge in [-0.15, -0.1) is 10.2 Å². The first-order valence-corrected chi connectivity index (χ1v) is 10.0. The molecule has 1 amide bonds. The van der Waals surface area contributed by atoms with Gasteiger partial charge in [-0.05, 0) is 56.7 Å². The van der Waals surface area contributed by atoms with Crippen molar-refractivity contribution >= 4 is 11.7 Å². The van der Waals surface area contributed by atoms with Gasteiger partial charge in [-0.2, -0.15) is 5.10 Å². The molecule has 0 radical (unpaired) electrons. The molecule has 4 rings (SSSR count). The van der Waals surface area contributed by atoms with Crippen LogP contribution >= 0.6 is 0 Å². The molecule has 7 heteroatoms. The molecule has 27 heavy (non-hydrogen) atoms. The van der Waals surface area contributed by atoms with E-state index in [1.54, 1.807) is 4.68 Å². The van der Waals surface area contributed by atoms with Crippen molar-refractivity contribution in [2.24, 2.45) is 11.8 Å². The number of likely N-dealkylation sites (tertiary alicyclic amines) is 1. The lowest BCUT2D eigenvalue weighted by molar-refractivity contribution is -0.137. The van der Waals surface area contributed by atoms with Gasteiger partial charge in [0.05, 0.1) is 5.69 Å². The summed E-state index contributed by atoms with van der Waals surface area (Å²) in [5.74, 6) is 2.74. The van der Waals surface area contributed by atoms with Gasteiger partial charge in [-0.25, -0.2) is 4.68 Å². The van der Waals surface area contributed by atoms with E-state index in [1.165, 1.54) is 6.42 Å². The van der Waals surface area contributed by atoms with Crippen LogP contribution in [0.4, 0.5) is 5.82 Å². The highest BCUT2D eigenvalue weighted by molar-refractivity contribution is 5.79. The summed E-state index contributed by atoms with van der Waals surface area (Å²) in [5.41, 5.74) is 0.954. The molecular formula is C20H28N6O. The third-order valence-electron chi connectivity index (χ3n) is 5.73. The zero-order valence-corrected chi connectivity index (χ0v) is 16.2. The van der Waals surface area contributed by atoms with Gasteiger partial charge in [0.15, 0.2) is 11.6 Å². The zero-order valence-electron chi connectivity index (χ0n) is 16.2. The number of hydrogen-bond donors (Lipinski definition) is 0. The molecule has 0 spiro atoms. The van der Waals surface area contributed by atoms with Crippen LogP contribution in [-0.4, -0.2) is 57.0 Å². The van der Waals surface area contributed by atoms with Crippen molar-refractivity contribution in [1.29, 1.82) is 0 Å². The molecule has 0 aliphatic carbocycles. The first kappa shape index (κ1) is 17.9. The Morgan fingerprint density at radius 1 is 1.04 bits per heavy atom. The summed E-state index contributed by atoms with van der Waals surface area (Å²) in [4.78, 5) is 17.1. The molecule has 2 aromatic heterocycles. The van der Waals surface area contributed by atoms with Gasteiger partial charge in [0.1, 0.15) is 0 Å². The number of anilines is 1. The Hall–Kier alpha value is -2.44.